The summed E-state index contributed by atoms with van der Waals surface area (Å²) in [6.07, 6.45) is 1.54. The highest BCUT2D eigenvalue weighted by atomic mass is 32.2. The lowest BCUT2D eigenvalue weighted by Crippen LogP contribution is -2.22. The molecule has 0 saturated carbocycles. The summed E-state index contributed by atoms with van der Waals surface area (Å²) in [6.45, 7) is 1.89. The van der Waals surface area contributed by atoms with Gasteiger partial charge in [0.2, 0.25) is 5.91 Å². The molecule has 5 heteroatoms. The Morgan fingerprint density at radius 1 is 0.962 bits per heavy atom. The third-order valence-electron chi connectivity index (χ3n) is 4.18. The minimum atomic E-state index is -0.278. The van der Waals surface area contributed by atoms with Crippen LogP contribution in [0.25, 0.3) is 21.7 Å². The molecule has 3 aromatic carbocycles. The maximum Gasteiger partial charge on any atom is 0.237 e. The summed E-state index contributed by atoms with van der Waals surface area (Å²) in [5, 5.41) is 6.76. The standard InChI is InChI=1S/C21H17N3OS/c1-14(26-21-18-8-4-5-9-19(18)22-13-23-21)20(25)24-17-11-10-15-6-2-3-7-16(15)12-17/h2-14H,1H3,(H,24,25)/t14-/m0/s1. The molecule has 0 aliphatic rings. The van der Waals surface area contributed by atoms with Gasteiger partial charge >= 0.3 is 0 Å². The zero-order chi connectivity index (χ0) is 17.9. The number of rotatable bonds is 4. The first kappa shape index (κ1) is 16.5. The van der Waals surface area contributed by atoms with Crippen LogP contribution in [0, 0.1) is 0 Å². The molecular weight excluding hydrogens is 342 g/mol. The Hall–Kier alpha value is -2.92. The molecule has 4 aromatic rings. The fourth-order valence-electron chi connectivity index (χ4n) is 2.81. The fraction of sp³-hybridized carbons (Fsp3) is 0.0952. The number of hydrogen-bond donors (Lipinski definition) is 1. The summed E-state index contributed by atoms with van der Waals surface area (Å²) in [6, 6.07) is 21.8. The Labute approximate surface area is 155 Å². The van der Waals surface area contributed by atoms with Gasteiger partial charge in [-0.25, -0.2) is 9.97 Å². The van der Waals surface area contributed by atoms with Crippen molar-refractivity contribution in [2.75, 3.05) is 5.32 Å². The van der Waals surface area contributed by atoms with E-state index in [1.165, 1.54) is 11.8 Å². The van der Waals surface area contributed by atoms with Crippen molar-refractivity contribution in [3.05, 3.63) is 73.1 Å². The molecule has 4 rings (SSSR count). The predicted octanol–water partition coefficient (Wildman–Crippen LogP) is 4.90. The SMILES string of the molecule is C[C@H](Sc1ncnc2ccccc12)C(=O)Nc1ccc2ccccc2c1. The van der Waals surface area contributed by atoms with Gasteiger partial charge in [0, 0.05) is 11.1 Å². The Morgan fingerprint density at radius 2 is 1.73 bits per heavy atom. The number of thioether (sulfide) groups is 1. The maximum atomic E-state index is 12.6. The van der Waals surface area contributed by atoms with Crippen LogP contribution < -0.4 is 5.32 Å². The van der Waals surface area contributed by atoms with Gasteiger partial charge in [0.05, 0.1) is 10.8 Å². The molecule has 0 saturated heterocycles. The molecule has 0 bridgehead atoms. The Kier molecular flexibility index (Phi) is 4.54. The van der Waals surface area contributed by atoms with E-state index in [0.717, 1.165) is 32.4 Å². The summed E-state index contributed by atoms with van der Waals surface area (Å²) < 4.78 is 0. The maximum absolute atomic E-state index is 12.6. The van der Waals surface area contributed by atoms with Crippen LogP contribution in [-0.4, -0.2) is 21.1 Å². The number of carbonyl (C=O) groups is 1. The summed E-state index contributed by atoms with van der Waals surface area (Å²) in [5.41, 5.74) is 1.68. The van der Waals surface area contributed by atoms with Gasteiger partial charge in [-0.1, -0.05) is 60.3 Å². The van der Waals surface area contributed by atoms with Gasteiger partial charge in [0.15, 0.2) is 0 Å². The lowest BCUT2D eigenvalue weighted by molar-refractivity contribution is -0.115. The molecule has 0 unspecified atom stereocenters. The van der Waals surface area contributed by atoms with E-state index in [1.807, 2.05) is 67.6 Å². The van der Waals surface area contributed by atoms with E-state index in [9.17, 15) is 4.79 Å². The van der Waals surface area contributed by atoms with Crippen LogP contribution in [0.1, 0.15) is 6.92 Å². The first-order chi connectivity index (χ1) is 12.7. The molecule has 0 aliphatic carbocycles. The molecule has 1 heterocycles. The number of anilines is 1. The van der Waals surface area contributed by atoms with Crippen molar-refractivity contribution in [3.63, 3.8) is 0 Å². The van der Waals surface area contributed by atoms with Crippen molar-refractivity contribution >= 4 is 45.0 Å². The van der Waals surface area contributed by atoms with Gasteiger partial charge in [0.1, 0.15) is 11.4 Å². The Morgan fingerprint density at radius 3 is 2.62 bits per heavy atom. The van der Waals surface area contributed by atoms with Crippen molar-refractivity contribution in [1.82, 2.24) is 9.97 Å². The van der Waals surface area contributed by atoms with Crippen molar-refractivity contribution in [2.45, 2.75) is 17.2 Å². The highest BCUT2D eigenvalue weighted by molar-refractivity contribution is 8.00. The van der Waals surface area contributed by atoms with Crippen LogP contribution in [0.5, 0.6) is 0 Å². The van der Waals surface area contributed by atoms with Gasteiger partial charge in [-0.05, 0) is 35.9 Å². The lowest BCUT2D eigenvalue weighted by Gasteiger charge is -2.13. The second-order valence-corrected chi connectivity index (χ2v) is 7.34. The van der Waals surface area contributed by atoms with Crippen LogP contribution in [0.4, 0.5) is 5.69 Å². The number of fused-ring (bicyclic) bond motifs is 2. The molecule has 1 amide bonds. The second kappa shape index (κ2) is 7.14. The molecule has 1 aromatic heterocycles. The molecular formula is C21H17N3OS. The zero-order valence-electron chi connectivity index (χ0n) is 14.2. The third-order valence-corrected chi connectivity index (χ3v) is 5.30. The number of nitrogens with zero attached hydrogens (tertiary/aromatic N) is 2. The van der Waals surface area contributed by atoms with Crippen molar-refractivity contribution in [2.24, 2.45) is 0 Å². The number of para-hydroxylation sites is 1. The quantitative estimate of drug-likeness (QED) is 0.416. The van der Waals surface area contributed by atoms with E-state index in [1.54, 1.807) is 6.33 Å². The summed E-state index contributed by atoms with van der Waals surface area (Å²) >= 11 is 1.44. The molecule has 0 aliphatic heterocycles. The van der Waals surface area contributed by atoms with Crippen LogP contribution in [0.15, 0.2) is 78.1 Å². The fourth-order valence-corrected chi connectivity index (χ4v) is 3.71. The Balaban J connectivity index is 1.52. The monoisotopic (exact) mass is 359 g/mol. The van der Waals surface area contributed by atoms with Crippen molar-refractivity contribution in [3.8, 4) is 0 Å². The Bertz CT molecular complexity index is 1090. The van der Waals surface area contributed by atoms with Crippen LogP contribution in [-0.2, 0) is 4.79 Å². The average Bonchev–Trinajstić information content (AvgIpc) is 2.68. The highest BCUT2D eigenvalue weighted by Gasteiger charge is 2.17. The predicted molar refractivity (Wildman–Crippen MR) is 107 cm³/mol. The molecule has 1 N–H and O–H groups in total. The number of aromatic nitrogens is 2. The minimum absolute atomic E-state index is 0.0482. The van der Waals surface area contributed by atoms with Crippen LogP contribution >= 0.6 is 11.8 Å². The zero-order valence-corrected chi connectivity index (χ0v) is 15.0. The van der Waals surface area contributed by atoms with E-state index < -0.39 is 0 Å². The van der Waals surface area contributed by atoms with Gasteiger partial charge in [0.25, 0.3) is 0 Å². The largest absolute Gasteiger partial charge is 0.325 e. The molecule has 26 heavy (non-hydrogen) atoms. The normalized spacial score (nSPS) is 12.2. The molecule has 0 spiro atoms. The van der Waals surface area contributed by atoms with Crippen molar-refractivity contribution in [1.29, 1.82) is 0 Å². The van der Waals surface area contributed by atoms with E-state index in [4.69, 9.17) is 0 Å². The summed E-state index contributed by atoms with van der Waals surface area (Å²) in [5.74, 6) is -0.0482. The first-order valence-corrected chi connectivity index (χ1v) is 9.25. The smallest absolute Gasteiger partial charge is 0.237 e. The van der Waals surface area contributed by atoms with E-state index in [2.05, 4.69) is 21.4 Å². The van der Waals surface area contributed by atoms with Gasteiger partial charge in [-0.2, -0.15) is 0 Å². The van der Waals surface area contributed by atoms with Crippen LogP contribution in [0.2, 0.25) is 0 Å². The van der Waals surface area contributed by atoms with E-state index >= 15 is 0 Å². The topological polar surface area (TPSA) is 54.9 Å². The third kappa shape index (κ3) is 3.39. The average molecular weight is 359 g/mol. The summed E-state index contributed by atoms with van der Waals surface area (Å²) in [7, 11) is 0. The number of carbonyl (C=O) groups excluding carboxylic acids is 1. The number of benzene rings is 3. The molecule has 0 fully saturated rings. The molecule has 4 nitrogen and oxygen atoms in total. The second-order valence-electron chi connectivity index (χ2n) is 6.01. The van der Waals surface area contributed by atoms with E-state index in [0.29, 0.717) is 0 Å². The highest BCUT2D eigenvalue weighted by Crippen LogP contribution is 2.28. The van der Waals surface area contributed by atoms with Crippen molar-refractivity contribution < 1.29 is 4.79 Å². The molecule has 0 radical (unpaired) electrons. The lowest BCUT2D eigenvalue weighted by atomic mass is 10.1. The number of nitrogens with one attached hydrogen (secondary N) is 1. The number of hydrogen-bond acceptors (Lipinski definition) is 4. The van der Waals surface area contributed by atoms with Gasteiger partial charge < -0.3 is 5.32 Å². The molecule has 128 valence electrons. The van der Waals surface area contributed by atoms with Gasteiger partial charge in [-0.15, -0.1) is 0 Å². The van der Waals surface area contributed by atoms with Gasteiger partial charge in [-0.3, -0.25) is 4.79 Å². The first-order valence-electron chi connectivity index (χ1n) is 8.37. The minimum Gasteiger partial charge on any atom is -0.325 e. The summed E-state index contributed by atoms with van der Waals surface area (Å²) in [4.78, 5) is 21.2. The molecule has 1 atom stereocenters. The van der Waals surface area contributed by atoms with E-state index in [-0.39, 0.29) is 11.2 Å². The van der Waals surface area contributed by atoms with Crippen LogP contribution in [0.3, 0.4) is 0 Å². The number of amides is 1.